The van der Waals surface area contributed by atoms with Gasteiger partial charge in [-0.25, -0.2) is 0 Å². The van der Waals surface area contributed by atoms with E-state index < -0.39 is 0 Å². The predicted molar refractivity (Wildman–Crippen MR) is 127 cm³/mol. The Morgan fingerprint density at radius 1 is 1.06 bits per heavy atom. The Morgan fingerprint density at radius 2 is 1.81 bits per heavy atom. The molecular weight excluding hydrogens is 382 g/mol. The molecule has 0 heterocycles. The van der Waals surface area contributed by atoms with Gasteiger partial charge in [-0.2, -0.15) is 0 Å². The Morgan fingerprint density at radius 3 is 2.48 bits per heavy atom. The number of rotatable bonds is 3. The first-order valence-electron chi connectivity index (χ1n) is 11.7. The summed E-state index contributed by atoms with van der Waals surface area (Å²) in [6, 6.07) is 8.89. The van der Waals surface area contributed by atoms with E-state index in [4.69, 9.17) is 0 Å². The third-order valence-electron chi connectivity index (χ3n) is 8.82. The fourth-order valence-corrected chi connectivity index (χ4v) is 7.51. The highest BCUT2D eigenvalue weighted by Crippen LogP contribution is 2.65. The van der Waals surface area contributed by atoms with Crippen LogP contribution in [0.2, 0.25) is 0 Å². The normalized spacial score (nSPS) is 34.2. The minimum absolute atomic E-state index is 0. The lowest BCUT2D eigenvalue weighted by Crippen LogP contribution is -2.44. The van der Waals surface area contributed by atoms with E-state index in [9.17, 15) is 9.59 Å². The number of carbonyl (C=O) groups is 2. The lowest BCUT2D eigenvalue weighted by molar-refractivity contribution is -0.125. The van der Waals surface area contributed by atoms with E-state index in [-0.39, 0.29) is 18.8 Å². The van der Waals surface area contributed by atoms with Gasteiger partial charge in [-0.1, -0.05) is 32.1 Å². The molecule has 0 bridgehead atoms. The first-order valence-corrected chi connectivity index (χ1v) is 11.7. The van der Waals surface area contributed by atoms with E-state index in [1.165, 1.54) is 23.1 Å². The summed E-state index contributed by atoms with van der Waals surface area (Å²) in [5.74, 6) is 2.37. The zero-order chi connectivity index (χ0) is 21.0. The fraction of sp³-hybridized carbons (Fsp3) is 0.571. The van der Waals surface area contributed by atoms with Crippen LogP contribution in [-0.4, -0.2) is 18.6 Å². The summed E-state index contributed by atoms with van der Waals surface area (Å²) in [6.45, 7) is 4.21. The highest BCUT2D eigenvalue weighted by atomic mass is 16.1. The first kappa shape index (κ1) is 22.0. The molecule has 5 atom stereocenters. The highest BCUT2D eigenvalue weighted by Gasteiger charge is 2.57. The van der Waals surface area contributed by atoms with Crippen LogP contribution in [-0.2, 0) is 9.59 Å². The van der Waals surface area contributed by atoms with E-state index in [1.807, 2.05) is 13.1 Å². The summed E-state index contributed by atoms with van der Waals surface area (Å²) >= 11 is 0. The van der Waals surface area contributed by atoms with E-state index in [2.05, 4.69) is 36.5 Å². The molecule has 1 N–H and O–H groups in total. The Balaban J connectivity index is 0.00000231. The van der Waals surface area contributed by atoms with E-state index in [1.54, 1.807) is 12.5 Å². The van der Waals surface area contributed by atoms with Crippen molar-refractivity contribution in [1.29, 1.82) is 0 Å². The van der Waals surface area contributed by atoms with Crippen LogP contribution in [0.1, 0.15) is 77.7 Å². The van der Waals surface area contributed by atoms with Gasteiger partial charge in [0.1, 0.15) is 5.78 Å². The molecular formula is C28H37NO2. The maximum atomic E-state index is 12.6. The number of benzene rings is 1. The molecule has 31 heavy (non-hydrogen) atoms. The molecule has 2 fully saturated rings. The minimum atomic E-state index is 0. The van der Waals surface area contributed by atoms with Crippen molar-refractivity contribution in [3.05, 3.63) is 52.6 Å². The average molecular weight is 420 g/mol. The van der Waals surface area contributed by atoms with Crippen LogP contribution >= 0.6 is 0 Å². The zero-order valence-corrected chi connectivity index (χ0v) is 18.5. The molecule has 0 saturated heterocycles. The number of anilines is 1. The van der Waals surface area contributed by atoms with Gasteiger partial charge in [0, 0.05) is 31.0 Å². The van der Waals surface area contributed by atoms with Crippen molar-refractivity contribution in [3.8, 4) is 0 Å². The molecule has 5 unspecified atom stereocenters. The number of carbonyl (C=O) groups excluding carboxylic acids is 2. The second-order valence-corrected chi connectivity index (χ2v) is 10.2. The standard InChI is InChI=1S/C27H33NO2.CH4/c1-16(29)24-12-13-25-22-10-6-18-14-20(30)9-11-21(18)26(22)23(15-27(24,25)2)17-4-7-19(28-3)8-5-17;/h4-5,7-8,14,22-25,28H,6,9-13,15H2,1-3H3;1H4. The van der Waals surface area contributed by atoms with Crippen molar-refractivity contribution in [2.75, 3.05) is 12.4 Å². The van der Waals surface area contributed by atoms with Crippen molar-refractivity contribution < 1.29 is 9.59 Å². The number of Topliss-reactive ketones (excluding diaryl/α,β-unsaturated/α-hetero) is 1. The van der Waals surface area contributed by atoms with E-state index in [0.29, 0.717) is 35.7 Å². The highest BCUT2D eigenvalue weighted by molar-refractivity contribution is 5.93. The minimum Gasteiger partial charge on any atom is -0.388 e. The summed E-state index contributed by atoms with van der Waals surface area (Å²) in [4.78, 5) is 24.7. The Bertz CT molecular complexity index is 954. The largest absolute Gasteiger partial charge is 0.388 e. The lowest BCUT2D eigenvalue weighted by atomic mass is 9.51. The Labute approximate surface area is 187 Å². The van der Waals surface area contributed by atoms with Gasteiger partial charge in [-0.05, 0) is 97.6 Å². The second-order valence-electron chi connectivity index (χ2n) is 10.2. The molecule has 2 saturated carbocycles. The summed E-state index contributed by atoms with van der Waals surface area (Å²) < 4.78 is 0. The third kappa shape index (κ3) is 3.41. The summed E-state index contributed by atoms with van der Waals surface area (Å²) in [6.07, 6.45) is 8.92. The van der Waals surface area contributed by atoms with Crippen molar-refractivity contribution in [2.45, 2.75) is 72.1 Å². The maximum Gasteiger partial charge on any atom is 0.156 e. The lowest BCUT2D eigenvalue weighted by Gasteiger charge is -2.52. The van der Waals surface area contributed by atoms with Crippen molar-refractivity contribution >= 4 is 17.3 Å². The number of nitrogens with one attached hydrogen (secondary N) is 1. The number of fused-ring (bicyclic) bond motifs is 4. The molecule has 0 aliphatic heterocycles. The van der Waals surface area contributed by atoms with E-state index >= 15 is 0 Å². The van der Waals surface area contributed by atoms with Crippen molar-refractivity contribution in [3.63, 3.8) is 0 Å². The molecule has 1 aromatic carbocycles. The zero-order valence-electron chi connectivity index (χ0n) is 18.5. The van der Waals surface area contributed by atoms with Gasteiger partial charge in [0.25, 0.3) is 0 Å². The number of hydrogen-bond acceptors (Lipinski definition) is 3. The van der Waals surface area contributed by atoms with Crippen LogP contribution < -0.4 is 5.32 Å². The van der Waals surface area contributed by atoms with Crippen molar-refractivity contribution in [2.24, 2.45) is 23.2 Å². The Kier molecular flexibility index (Phi) is 5.74. The molecule has 3 heteroatoms. The first-order chi connectivity index (χ1) is 14.4. The van der Waals surface area contributed by atoms with Gasteiger partial charge < -0.3 is 5.32 Å². The van der Waals surface area contributed by atoms with Gasteiger partial charge in [0.15, 0.2) is 5.78 Å². The molecule has 3 nitrogen and oxygen atoms in total. The molecule has 4 aliphatic carbocycles. The molecule has 1 aromatic rings. The molecule has 0 radical (unpaired) electrons. The monoisotopic (exact) mass is 419 g/mol. The van der Waals surface area contributed by atoms with Crippen LogP contribution in [0.5, 0.6) is 0 Å². The SMILES string of the molecule is C.CNc1ccc(C2CC3(C)C(C(C)=O)CCC3C3CCC4=CC(=O)CCC4=C23)cc1. The molecule has 0 amide bonds. The summed E-state index contributed by atoms with van der Waals surface area (Å²) in [7, 11) is 1.95. The van der Waals surface area contributed by atoms with Crippen LogP contribution in [0.25, 0.3) is 0 Å². The Hall–Kier alpha value is -2.16. The van der Waals surface area contributed by atoms with Crippen LogP contribution in [0, 0.1) is 23.2 Å². The third-order valence-corrected chi connectivity index (χ3v) is 8.82. The molecule has 0 aromatic heterocycles. The number of allylic oxidation sites excluding steroid dienone is 4. The van der Waals surface area contributed by atoms with Crippen LogP contribution in [0.3, 0.4) is 0 Å². The average Bonchev–Trinajstić information content (AvgIpc) is 3.10. The van der Waals surface area contributed by atoms with Gasteiger partial charge in [0.05, 0.1) is 0 Å². The number of hydrogen-bond donors (Lipinski definition) is 1. The van der Waals surface area contributed by atoms with E-state index in [0.717, 1.165) is 37.8 Å². The fourth-order valence-electron chi connectivity index (χ4n) is 7.51. The van der Waals surface area contributed by atoms with Gasteiger partial charge in [-0.3, -0.25) is 9.59 Å². The molecule has 5 rings (SSSR count). The summed E-state index contributed by atoms with van der Waals surface area (Å²) in [5, 5.41) is 3.23. The topological polar surface area (TPSA) is 46.2 Å². The second kappa shape index (κ2) is 8.07. The van der Waals surface area contributed by atoms with Crippen molar-refractivity contribution in [1.82, 2.24) is 0 Å². The molecule has 166 valence electrons. The smallest absolute Gasteiger partial charge is 0.156 e. The maximum absolute atomic E-state index is 12.6. The molecule has 0 spiro atoms. The summed E-state index contributed by atoms with van der Waals surface area (Å²) in [5.41, 5.74) is 6.99. The number of ketones is 2. The van der Waals surface area contributed by atoms with Crippen LogP contribution in [0.15, 0.2) is 47.1 Å². The van der Waals surface area contributed by atoms with Gasteiger partial charge in [0.2, 0.25) is 0 Å². The predicted octanol–water partition coefficient (Wildman–Crippen LogP) is 6.47. The van der Waals surface area contributed by atoms with Gasteiger partial charge >= 0.3 is 0 Å². The molecule has 4 aliphatic rings. The van der Waals surface area contributed by atoms with Crippen LogP contribution in [0.4, 0.5) is 5.69 Å². The quantitative estimate of drug-likeness (QED) is 0.611. The van der Waals surface area contributed by atoms with Gasteiger partial charge in [-0.15, -0.1) is 0 Å².